The molecule has 0 aromatic heterocycles. The van der Waals surface area contributed by atoms with Crippen molar-refractivity contribution in [1.82, 2.24) is 0 Å². The van der Waals surface area contributed by atoms with E-state index in [1.807, 2.05) is 0 Å². The number of aryl methyl sites for hydroxylation is 1. The van der Waals surface area contributed by atoms with Crippen molar-refractivity contribution in [3.63, 3.8) is 0 Å². The van der Waals surface area contributed by atoms with Gasteiger partial charge in [0.1, 0.15) is 11.8 Å². The molecule has 0 amide bonds. The van der Waals surface area contributed by atoms with Crippen LogP contribution in [0.25, 0.3) is 0 Å². The summed E-state index contributed by atoms with van der Waals surface area (Å²) < 4.78 is 30.9. The van der Waals surface area contributed by atoms with Gasteiger partial charge < -0.3 is 4.74 Å². The lowest BCUT2D eigenvalue weighted by atomic mass is 10.0. The molecule has 0 aliphatic rings. The molecular formula is C11H12N2O4S. The molecular weight excluding hydrogens is 256 g/mol. The average Bonchev–Trinajstić information content (AvgIpc) is 2.30. The van der Waals surface area contributed by atoms with E-state index in [-0.39, 0.29) is 5.71 Å². The Balaban J connectivity index is 3.15. The van der Waals surface area contributed by atoms with Gasteiger partial charge in [-0.05, 0) is 30.7 Å². The number of hydrogen-bond acceptors (Lipinski definition) is 6. The number of nitriles is 1. The number of hydrogen-bond donors (Lipinski definition) is 0. The zero-order valence-corrected chi connectivity index (χ0v) is 11.0. The van der Waals surface area contributed by atoms with Crippen LogP contribution in [0.1, 0.15) is 11.1 Å². The lowest BCUT2D eigenvalue weighted by molar-refractivity contribution is 0.344. The van der Waals surface area contributed by atoms with Gasteiger partial charge in [-0.1, -0.05) is 5.16 Å². The molecule has 0 saturated carbocycles. The first-order chi connectivity index (χ1) is 8.37. The van der Waals surface area contributed by atoms with Gasteiger partial charge in [-0.15, -0.1) is 0 Å². The Hall–Kier alpha value is -2.07. The van der Waals surface area contributed by atoms with Gasteiger partial charge in [-0.3, -0.25) is 4.28 Å². The molecule has 0 saturated heterocycles. The summed E-state index contributed by atoms with van der Waals surface area (Å²) in [5.74, 6) is 0.637. The van der Waals surface area contributed by atoms with Gasteiger partial charge in [-0.2, -0.15) is 13.7 Å². The molecule has 0 aliphatic heterocycles. The Bertz CT molecular complexity index is 614. The van der Waals surface area contributed by atoms with Crippen molar-refractivity contribution in [3.8, 4) is 11.8 Å². The molecule has 7 heteroatoms. The first-order valence-electron chi connectivity index (χ1n) is 4.89. The maximum Gasteiger partial charge on any atom is 0.325 e. The molecule has 0 fully saturated rings. The summed E-state index contributed by atoms with van der Waals surface area (Å²) in [5.41, 5.74) is 1.11. The maximum atomic E-state index is 10.8. The monoisotopic (exact) mass is 268 g/mol. The minimum Gasteiger partial charge on any atom is -0.497 e. The normalized spacial score (nSPS) is 11.8. The van der Waals surface area contributed by atoms with E-state index in [4.69, 9.17) is 10.00 Å². The smallest absolute Gasteiger partial charge is 0.325 e. The van der Waals surface area contributed by atoms with Crippen LogP contribution >= 0.6 is 0 Å². The van der Waals surface area contributed by atoms with E-state index in [1.54, 1.807) is 31.2 Å². The minimum atomic E-state index is -3.73. The second-order valence-electron chi connectivity index (χ2n) is 3.51. The molecule has 0 spiro atoms. The summed E-state index contributed by atoms with van der Waals surface area (Å²) in [6.45, 7) is 1.76. The number of benzene rings is 1. The van der Waals surface area contributed by atoms with Gasteiger partial charge in [0, 0.05) is 5.56 Å². The zero-order valence-electron chi connectivity index (χ0n) is 10.2. The molecule has 1 aromatic carbocycles. The van der Waals surface area contributed by atoms with Crippen molar-refractivity contribution in [2.75, 3.05) is 13.4 Å². The van der Waals surface area contributed by atoms with Crippen LogP contribution in [0.15, 0.2) is 23.4 Å². The lowest BCUT2D eigenvalue weighted by Gasteiger charge is -2.05. The highest BCUT2D eigenvalue weighted by molar-refractivity contribution is 7.85. The first kappa shape index (κ1) is 14.0. The largest absolute Gasteiger partial charge is 0.497 e. The third kappa shape index (κ3) is 3.75. The lowest BCUT2D eigenvalue weighted by Crippen LogP contribution is -2.05. The Morgan fingerprint density at radius 3 is 2.56 bits per heavy atom. The van der Waals surface area contributed by atoms with Gasteiger partial charge in [-0.25, -0.2) is 0 Å². The van der Waals surface area contributed by atoms with E-state index in [0.717, 1.165) is 11.8 Å². The fraction of sp³-hybridized carbons (Fsp3) is 0.273. The second-order valence-corrected chi connectivity index (χ2v) is 5.07. The summed E-state index contributed by atoms with van der Waals surface area (Å²) in [4.78, 5) is 0. The Morgan fingerprint density at radius 2 is 2.11 bits per heavy atom. The molecule has 0 N–H and O–H groups in total. The molecule has 0 radical (unpaired) electrons. The highest BCUT2D eigenvalue weighted by atomic mass is 32.2. The van der Waals surface area contributed by atoms with Gasteiger partial charge in [0.25, 0.3) is 0 Å². The molecule has 18 heavy (non-hydrogen) atoms. The van der Waals surface area contributed by atoms with Crippen molar-refractivity contribution in [2.24, 2.45) is 5.16 Å². The highest BCUT2D eigenvalue weighted by Gasteiger charge is 2.10. The molecule has 1 rings (SSSR count). The summed E-state index contributed by atoms with van der Waals surface area (Å²) in [6, 6.07) is 6.76. The van der Waals surface area contributed by atoms with Gasteiger partial charge in [0.15, 0.2) is 5.71 Å². The van der Waals surface area contributed by atoms with Crippen molar-refractivity contribution in [3.05, 3.63) is 29.3 Å². The van der Waals surface area contributed by atoms with Crippen LogP contribution in [-0.4, -0.2) is 27.5 Å². The quantitative estimate of drug-likeness (QED) is 0.604. The van der Waals surface area contributed by atoms with Crippen LogP contribution in [0.2, 0.25) is 0 Å². The third-order valence-electron chi connectivity index (χ3n) is 2.06. The van der Waals surface area contributed by atoms with E-state index < -0.39 is 10.1 Å². The zero-order chi connectivity index (χ0) is 13.8. The SMILES string of the molecule is COc1ccc(/C(C#N)=N/OS(C)(=O)=O)c(C)c1. The molecule has 6 nitrogen and oxygen atoms in total. The average molecular weight is 268 g/mol. The number of rotatable bonds is 4. The summed E-state index contributed by atoms with van der Waals surface area (Å²) >= 11 is 0. The highest BCUT2D eigenvalue weighted by Crippen LogP contribution is 2.17. The van der Waals surface area contributed by atoms with Crippen molar-refractivity contribution >= 4 is 15.8 Å². The first-order valence-corrected chi connectivity index (χ1v) is 6.70. The van der Waals surface area contributed by atoms with Crippen LogP contribution in [0.5, 0.6) is 5.75 Å². The molecule has 96 valence electrons. The Kier molecular flexibility index (Phi) is 4.28. The number of oxime groups is 1. The Morgan fingerprint density at radius 1 is 1.44 bits per heavy atom. The molecule has 0 heterocycles. The fourth-order valence-electron chi connectivity index (χ4n) is 1.26. The summed E-state index contributed by atoms with van der Waals surface area (Å²) in [6.07, 6.45) is 0.854. The van der Waals surface area contributed by atoms with Gasteiger partial charge in [0.05, 0.1) is 13.4 Å². The second kappa shape index (κ2) is 5.51. The predicted octanol–water partition coefficient (Wildman–Crippen LogP) is 1.21. The molecule has 1 aromatic rings. The van der Waals surface area contributed by atoms with Crippen molar-refractivity contribution in [1.29, 1.82) is 5.26 Å². The molecule has 0 atom stereocenters. The molecule has 0 unspecified atom stereocenters. The maximum absolute atomic E-state index is 10.8. The third-order valence-corrected chi connectivity index (χ3v) is 2.40. The standard InChI is InChI=1S/C11H12N2O4S/c1-8-6-9(16-2)4-5-10(8)11(7-12)13-17-18(3,14)15/h4-6H,1-3H3/b13-11+. The van der Waals surface area contributed by atoms with Crippen LogP contribution < -0.4 is 4.74 Å². The van der Waals surface area contributed by atoms with E-state index in [9.17, 15) is 8.42 Å². The van der Waals surface area contributed by atoms with E-state index in [1.165, 1.54) is 7.11 Å². The van der Waals surface area contributed by atoms with Crippen molar-refractivity contribution in [2.45, 2.75) is 6.92 Å². The van der Waals surface area contributed by atoms with Crippen LogP contribution in [0.4, 0.5) is 0 Å². The predicted molar refractivity (Wildman–Crippen MR) is 65.8 cm³/mol. The number of methoxy groups -OCH3 is 1. The molecule has 0 bridgehead atoms. The molecule has 0 aliphatic carbocycles. The van der Waals surface area contributed by atoms with E-state index in [0.29, 0.717) is 11.3 Å². The van der Waals surface area contributed by atoms with E-state index >= 15 is 0 Å². The minimum absolute atomic E-state index is 0.111. The summed E-state index contributed by atoms with van der Waals surface area (Å²) in [7, 11) is -2.20. The van der Waals surface area contributed by atoms with Crippen LogP contribution in [-0.2, 0) is 14.4 Å². The fourth-order valence-corrected chi connectivity index (χ4v) is 1.47. The number of ether oxygens (including phenoxy) is 1. The van der Waals surface area contributed by atoms with Crippen LogP contribution in [0, 0.1) is 18.3 Å². The summed E-state index contributed by atoms with van der Waals surface area (Å²) in [5, 5.41) is 12.3. The Labute approximate surface area is 106 Å². The number of nitrogens with zero attached hydrogens (tertiary/aromatic N) is 2. The van der Waals surface area contributed by atoms with E-state index in [2.05, 4.69) is 9.44 Å². The van der Waals surface area contributed by atoms with Crippen molar-refractivity contribution < 1.29 is 17.4 Å². The van der Waals surface area contributed by atoms with Gasteiger partial charge in [0.2, 0.25) is 0 Å². The van der Waals surface area contributed by atoms with Crippen LogP contribution in [0.3, 0.4) is 0 Å². The topological polar surface area (TPSA) is 88.8 Å². The van der Waals surface area contributed by atoms with Gasteiger partial charge >= 0.3 is 10.1 Å².